The first-order chi connectivity index (χ1) is 12.6. The van der Waals surface area contributed by atoms with Gasteiger partial charge in [-0.1, -0.05) is 6.07 Å². The van der Waals surface area contributed by atoms with E-state index in [1.165, 1.54) is 0 Å². The number of nitrogens with zero attached hydrogens (tertiary/aromatic N) is 3. The summed E-state index contributed by atoms with van der Waals surface area (Å²) >= 11 is 0. The van der Waals surface area contributed by atoms with Crippen molar-refractivity contribution in [2.75, 3.05) is 11.9 Å². The number of anilines is 2. The topological polar surface area (TPSA) is 79.8 Å². The van der Waals surface area contributed by atoms with Crippen LogP contribution in [-0.4, -0.2) is 27.4 Å². The van der Waals surface area contributed by atoms with Crippen LogP contribution in [-0.2, 0) is 6.42 Å². The first-order valence-electron chi connectivity index (χ1n) is 8.46. The van der Waals surface area contributed by atoms with Gasteiger partial charge in [-0.2, -0.15) is 0 Å². The number of rotatable bonds is 6. The summed E-state index contributed by atoms with van der Waals surface area (Å²) in [4.78, 5) is 25.1. The molecular formula is C20H21N5O. The number of nitrogens with one attached hydrogen (secondary N) is 2. The van der Waals surface area contributed by atoms with Crippen molar-refractivity contribution in [2.45, 2.75) is 20.3 Å². The number of amides is 1. The summed E-state index contributed by atoms with van der Waals surface area (Å²) in [6.07, 6.45) is 4.27. The SMILES string of the molecule is Cc1cc(C)nc(Nc2cccc(C(=O)NCCc3ccncc3)c2)n1. The number of benzene rings is 1. The van der Waals surface area contributed by atoms with Crippen molar-refractivity contribution in [3.8, 4) is 0 Å². The van der Waals surface area contributed by atoms with Crippen LogP contribution in [0.1, 0.15) is 27.3 Å². The van der Waals surface area contributed by atoms with Gasteiger partial charge in [0.1, 0.15) is 0 Å². The Morgan fingerprint density at radius 2 is 1.73 bits per heavy atom. The number of aryl methyl sites for hydroxylation is 2. The molecule has 6 nitrogen and oxygen atoms in total. The van der Waals surface area contributed by atoms with Crippen molar-refractivity contribution in [2.24, 2.45) is 0 Å². The highest BCUT2D eigenvalue weighted by Crippen LogP contribution is 2.15. The molecule has 1 aromatic carbocycles. The number of hydrogen-bond donors (Lipinski definition) is 2. The van der Waals surface area contributed by atoms with Crippen LogP contribution in [0, 0.1) is 13.8 Å². The first kappa shape index (κ1) is 17.5. The molecule has 132 valence electrons. The molecule has 0 radical (unpaired) electrons. The summed E-state index contributed by atoms with van der Waals surface area (Å²) in [6, 6.07) is 13.1. The molecule has 3 rings (SSSR count). The molecule has 0 aliphatic heterocycles. The van der Waals surface area contributed by atoms with E-state index in [-0.39, 0.29) is 5.91 Å². The molecule has 0 bridgehead atoms. The second-order valence-electron chi connectivity index (χ2n) is 6.04. The maximum Gasteiger partial charge on any atom is 0.251 e. The van der Waals surface area contributed by atoms with Crippen LogP contribution in [0.15, 0.2) is 54.9 Å². The van der Waals surface area contributed by atoms with E-state index in [4.69, 9.17) is 0 Å². The van der Waals surface area contributed by atoms with Crippen LogP contribution in [0.5, 0.6) is 0 Å². The fourth-order valence-corrected chi connectivity index (χ4v) is 2.62. The van der Waals surface area contributed by atoms with Gasteiger partial charge in [-0.15, -0.1) is 0 Å². The second-order valence-corrected chi connectivity index (χ2v) is 6.04. The van der Waals surface area contributed by atoms with E-state index in [0.29, 0.717) is 18.1 Å². The molecule has 0 saturated heterocycles. The van der Waals surface area contributed by atoms with Gasteiger partial charge in [0.25, 0.3) is 5.91 Å². The average Bonchev–Trinajstić information content (AvgIpc) is 2.62. The lowest BCUT2D eigenvalue weighted by Gasteiger charge is -2.09. The summed E-state index contributed by atoms with van der Waals surface area (Å²) in [5.41, 5.74) is 4.29. The molecule has 26 heavy (non-hydrogen) atoms. The van der Waals surface area contributed by atoms with Gasteiger partial charge in [-0.25, -0.2) is 9.97 Å². The smallest absolute Gasteiger partial charge is 0.251 e. The minimum atomic E-state index is -0.107. The van der Waals surface area contributed by atoms with Crippen LogP contribution in [0.25, 0.3) is 0 Å². The van der Waals surface area contributed by atoms with Gasteiger partial charge < -0.3 is 10.6 Å². The summed E-state index contributed by atoms with van der Waals surface area (Å²) in [6.45, 7) is 4.42. The lowest BCUT2D eigenvalue weighted by atomic mass is 10.1. The van der Waals surface area contributed by atoms with Gasteiger partial charge in [-0.3, -0.25) is 9.78 Å². The average molecular weight is 347 g/mol. The van der Waals surface area contributed by atoms with E-state index < -0.39 is 0 Å². The predicted octanol–water partition coefficient (Wildman–Crippen LogP) is 3.20. The zero-order chi connectivity index (χ0) is 18.4. The predicted molar refractivity (Wildman–Crippen MR) is 102 cm³/mol. The molecule has 0 spiro atoms. The summed E-state index contributed by atoms with van der Waals surface area (Å²) in [7, 11) is 0. The van der Waals surface area contributed by atoms with E-state index >= 15 is 0 Å². The van der Waals surface area contributed by atoms with Crippen LogP contribution < -0.4 is 10.6 Å². The zero-order valence-corrected chi connectivity index (χ0v) is 14.9. The Balaban J connectivity index is 1.61. The number of hydrogen-bond acceptors (Lipinski definition) is 5. The van der Waals surface area contributed by atoms with Crippen LogP contribution in [0.2, 0.25) is 0 Å². The van der Waals surface area contributed by atoms with Crippen molar-refractivity contribution >= 4 is 17.5 Å². The molecule has 0 fully saturated rings. The molecule has 0 saturated carbocycles. The number of aromatic nitrogens is 3. The Hall–Kier alpha value is -3.28. The van der Waals surface area contributed by atoms with Crippen molar-refractivity contribution < 1.29 is 4.79 Å². The number of pyridine rings is 1. The van der Waals surface area contributed by atoms with Gasteiger partial charge >= 0.3 is 0 Å². The molecule has 2 aromatic heterocycles. The van der Waals surface area contributed by atoms with Gasteiger partial charge in [0.15, 0.2) is 0 Å². The fraction of sp³-hybridized carbons (Fsp3) is 0.200. The Labute approximate surface area is 152 Å². The summed E-state index contributed by atoms with van der Waals surface area (Å²) < 4.78 is 0. The zero-order valence-electron chi connectivity index (χ0n) is 14.9. The Morgan fingerprint density at radius 1 is 1.00 bits per heavy atom. The van der Waals surface area contributed by atoms with Crippen LogP contribution in [0.4, 0.5) is 11.6 Å². The standard InChI is InChI=1S/C20H21N5O/c1-14-12-15(2)24-20(23-14)25-18-5-3-4-17(13-18)19(26)22-11-8-16-6-9-21-10-7-16/h3-7,9-10,12-13H,8,11H2,1-2H3,(H,22,26)(H,23,24,25). The van der Waals surface area contributed by atoms with Crippen molar-refractivity contribution in [3.63, 3.8) is 0 Å². The summed E-state index contributed by atoms with van der Waals surface area (Å²) in [5.74, 6) is 0.418. The van der Waals surface area contributed by atoms with Crippen LogP contribution >= 0.6 is 0 Å². The molecule has 3 aromatic rings. The highest BCUT2D eigenvalue weighted by molar-refractivity contribution is 5.95. The normalized spacial score (nSPS) is 10.4. The van der Waals surface area contributed by atoms with Crippen molar-refractivity contribution in [1.82, 2.24) is 20.3 Å². The molecule has 2 N–H and O–H groups in total. The maximum atomic E-state index is 12.4. The van der Waals surface area contributed by atoms with E-state index in [9.17, 15) is 4.79 Å². The molecule has 0 aliphatic carbocycles. The van der Waals surface area contributed by atoms with Gasteiger partial charge in [0.05, 0.1) is 0 Å². The molecule has 0 atom stereocenters. The monoisotopic (exact) mass is 347 g/mol. The third-order valence-electron chi connectivity index (χ3n) is 3.81. The van der Waals surface area contributed by atoms with Crippen molar-refractivity contribution in [3.05, 3.63) is 77.4 Å². The van der Waals surface area contributed by atoms with Gasteiger partial charge in [0.2, 0.25) is 5.95 Å². The Kier molecular flexibility index (Phi) is 5.53. The van der Waals surface area contributed by atoms with E-state index in [1.54, 1.807) is 24.5 Å². The molecule has 0 unspecified atom stereocenters. The van der Waals surface area contributed by atoms with Gasteiger partial charge in [0, 0.05) is 41.6 Å². The minimum Gasteiger partial charge on any atom is -0.352 e. The van der Waals surface area contributed by atoms with Crippen LogP contribution in [0.3, 0.4) is 0 Å². The molecular weight excluding hydrogens is 326 g/mol. The quantitative estimate of drug-likeness (QED) is 0.716. The third-order valence-corrected chi connectivity index (χ3v) is 3.81. The minimum absolute atomic E-state index is 0.107. The highest BCUT2D eigenvalue weighted by atomic mass is 16.1. The van der Waals surface area contributed by atoms with Gasteiger partial charge in [-0.05, 0) is 62.2 Å². The summed E-state index contributed by atoms with van der Waals surface area (Å²) in [5, 5.41) is 6.09. The first-order valence-corrected chi connectivity index (χ1v) is 8.46. The largest absolute Gasteiger partial charge is 0.352 e. The highest BCUT2D eigenvalue weighted by Gasteiger charge is 2.07. The Bertz CT molecular complexity index is 875. The van der Waals surface area contributed by atoms with E-state index in [0.717, 1.165) is 29.1 Å². The lowest BCUT2D eigenvalue weighted by molar-refractivity contribution is 0.0954. The van der Waals surface area contributed by atoms with E-state index in [1.807, 2.05) is 44.2 Å². The molecule has 1 amide bonds. The lowest BCUT2D eigenvalue weighted by Crippen LogP contribution is -2.25. The third kappa shape index (κ3) is 4.86. The maximum absolute atomic E-state index is 12.4. The fourth-order valence-electron chi connectivity index (χ4n) is 2.62. The number of carbonyl (C=O) groups excluding carboxylic acids is 1. The molecule has 2 heterocycles. The van der Waals surface area contributed by atoms with E-state index in [2.05, 4.69) is 25.6 Å². The molecule has 0 aliphatic rings. The number of carbonyl (C=O) groups is 1. The second kappa shape index (κ2) is 8.20. The Morgan fingerprint density at radius 3 is 2.46 bits per heavy atom. The van der Waals surface area contributed by atoms with Crippen molar-refractivity contribution in [1.29, 1.82) is 0 Å². The molecule has 6 heteroatoms.